The number of nitrogens with zero attached hydrogens (tertiary/aromatic N) is 3. The van der Waals surface area contributed by atoms with Gasteiger partial charge in [-0.3, -0.25) is 4.99 Å². The topological polar surface area (TPSA) is 74.9 Å². The van der Waals surface area contributed by atoms with Crippen LogP contribution in [0.25, 0.3) is 11.5 Å². The van der Waals surface area contributed by atoms with Gasteiger partial charge in [-0.1, -0.05) is 17.7 Å². The number of hydrogen-bond acceptors (Lipinski definition) is 5. The summed E-state index contributed by atoms with van der Waals surface area (Å²) in [5.41, 5.74) is 3.15. The van der Waals surface area contributed by atoms with Crippen molar-refractivity contribution >= 4 is 5.96 Å². The van der Waals surface area contributed by atoms with Crippen LogP contribution in [0.5, 0.6) is 0 Å². The van der Waals surface area contributed by atoms with Crippen molar-refractivity contribution in [1.29, 1.82) is 0 Å². The van der Waals surface area contributed by atoms with Crippen molar-refractivity contribution < 1.29 is 9.15 Å². The number of aromatic nitrogens is 1. The van der Waals surface area contributed by atoms with E-state index in [1.54, 1.807) is 13.4 Å². The molecule has 2 rings (SSSR count). The average Bonchev–Trinajstić information content (AvgIpc) is 3.17. The molecule has 0 unspecified atom stereocenters. The Hall–Kier alpha value is -2.38. The number of benzene rings is 1. The van der Waals surface area contributed by atoms with E-state index in [1.165, 1.54) is 5.56 Å². The van der Waals surface area contributed by atoms with Crippen LogP contribution in [0.3, 0.4) is 0 Å². The van der Waals surface area contributed by atoms with E-state index in [9.17, 15) is 0 Å². The van der Waals surface area contributed by atoms with Crippen molar-refractivity contribution in [3.63, 3.8) is 0 Å². The molecule has 7 nitrogen and oxygen atoms in total. The molecule has 0 aliphatic rings. The SMILES string of the molecule is CCNC(=NCCN(C)CCCOC)NCCc1coc(-c2ccc(C)cc2)n1. The fourth-order valence-corrected chi connectivity index (χ4v) is 2.82. The van der Waals surface area contributed by atoms with E-state index in [0.29, 0.717) is 5.89 Å². The van der Waals surface area contributed by atoms with Crippen molar-refractivity contribution in [1.82, 2.24) is 20.5 Å². The first-order chi connectivity index (χ1) is 14.1. The summed E-state index contributed by atoms with van der Waals surface area (Å²) in [4.78, 5) is 11.5. The van der Waals surface area contributed by atoms with Crippen LogP contribution in [0, 0.1) is 6.92 Å². The third kappa shape index (κ3) is 8.66. The van der Waals surface area contributed by atoms with E-state index in [-0.39, 0.29) is 0 Å². The number of hydrogen-bond donors (Lipinski definition) is 2. The van der Waals surface area contributed by atoms with Crippen LogP contribution in [0.15, 0.2) is 39.9 Å². The van der Waals surface area contributed by atoms with Gasteiger partial charge < -0.3 is 24.7 Å². The molecule has 0 amide bonds. The molecule has 0 saturated carbocycles. The average molecular weight is 402 g/mol. The van der Waals surface area contributed by atoms with Gasteiger partial charge in [0.1, 0.15) is 6.26 Å². The smallest absolute Gasteiger partial charge is 0.226 e. The predicted octanol–water partition coefficient (Wildman–Crippen LogP) is 2.72. The molecule has 0 spiro atoms. The fourth-order valence-electron chi connectivity index (χ4n) is 2.82. The summed E-state index contributed by atoms with van der Waals surface area (Å²) in [7, 11) is 3.85. The lowest BCUT2D eigenvalue weighted by Gasteiger charge is -2.16. The van der Waals surface area contributed by atoms with Gasteiger partial charge in [0.2, 0.25) is 5.89 Å². The molecule has 2 N–H and O–H groups in total. The van der Waals surface area contributed by atoms with Crippen molar-refractivity contribution in [2.24, 2.45) is 4.99 Å². The number of methoxy groups -OCH3 is 1. The number of rotatable bonds is 12. The lowest BCUT2D eigenvalue weighted by molar-refractivity contribution is 0.180. The molecule has 29 heavy (non-hydrogen) atoms. The normalized spacial score (nSPS) is 11.8. The zero-order valence-electron chi connectivity index (χ0n) is 18.2. The first-order valence-electron chi connectivity index (χ1n) is 10.3. The summed E-state index contributed by atoms with van der Waals surface area (Å²) in [5, 5.41) is 6.66. The number of aryl methyl sites for hydroxylation is 1. The summed E-state index contributed by atoms with van der Waals surface area (Å²) in [6.45, 7) is 9.20. The van der Waals surface area contributed by atoms with Crippen LogP contribution in [0.2, 0.25) is 0 Å². The van der Waals surface area contributed by atoms with Gasteiger partial charge in [-0.25, -0.2) is 4.98 Å². The van der Waals surface area contributed by atoms with Gasteiger partial charge in [-0.05, 0) is 39.4 Å². The van der Waals surface area contributed by atoms with Crippen LogP contribution in [-0.4, -0.2) is 69.3 Å². The second-order valence-electron chi connectivity index (χ2n) is 7.10. The molecular weight excluding hydrogens is 366 g/mol. The quantitative estimate of drug-likeness (QED) is 0.324. The van der Waals surface area contributed by atoms with E-state index < -0.39 is 0 Å². The minimum atomic E-state index is 0.664. The molecule has 7 heteroatoms. The molecule has 2 aromatic rings. The molecule has 0 aliphatic heterocycles. The highest BCUT2D eigenvalue weighted by Gasteiger charge is 2.07. The zero-order valence-corrected chi connectivity index (χ0v) is 18.2. The Kier molecular flexibility index (Phi) is 10.2. The second-order valence-corrected chi connectivity index (χ2v) is 7.10. The molecule has 1 aromatic carbocycles. The summed E-state index contributed by atoms with van der Waals surface area (Å²) in [5.74, 6) is 1.50. The molecule has 160 valence electrons. The second kappa shape index (κ2) is 13.0. The molecule has 0 aliphatic carbocycles. The van der Waals surface area contributed by atoms with Gasteiger partial charge in [0.25, 0.3) is 0 Å². The Morgan fingerprint density at radius 2 is 2.00 bits per heavy atom. The van der Waals surface area contributed by atoms with Crippen molar-refractivity contribution in [2.45, 2.75) is 26.7 Å². The van der Waals surface area contributed by atoms with Gasteiger partial charge in [0.15, 0.2) is 5.96 Å². The number of oxazole rings is 1. The molecule has 1 heterocycles. The van der Waals surface area contributed by atoms with E-state index in [1.807, 2.05) is 12.1 Å². The van der Waals surface area contributed by atoms with Crippen LogP contribution in [0.4, 0.5) is 0 Å². The number of aliphatic imine (C=N–C) groups is 1. The lowest BCUT2D eigenvalue weighted by atomic mass is 10.1. The van der Waals surface area contributed by atoms with Crippen molar-refractivity contribution in [3.8, 4) is 11.5 Å². The van der Waals surface area contributed by atoms with Crippen LogP contribution in [-0.2, 0) is 11.2 Å². The highest BCUT2D eigenvalue weighted by molar-refractivity contribution is 5.79. The Bertz CT molecular complexity index is 727. The standard InChI is InChI=1S/C22H35N5O2/c1-5-23-22(25-13-15-27(3)14-6-16-28-4)24-12-11-20-17-29-21(26-20)19-9-7-18(2)8-10-19/h7-10,17H,5-6,11-16H2,1-4H3,(H2,23,24,25). The first-order valence-corrected chi connectivity index (χ1v) is 10.3. The monoisotopic (exact) mass is 401 g/mol. The third-order valence-electron chi connectivity index (χ3n) is 4.51. The number of guanidine groups is 1. The molecule has 0 radical (unpaired) electrons. The predicted molar refractivity (Wildman–Crippen MR) is 118 cm³/mol. The number of likely N-dealkylation sites (N-methyl/N-ethyl adjacent to an activating group) is 1. The Morgan fingerprint density at radius 1 is 1.21 bits per heavy atom. The molecular formula is C22H35N5O2. The maximum absolute atomic E-state index is 5.63. The summed E-state index contributed by atoms with van der Waals surface area (Å²) >= 11 is 0. The molecule has 0 saturated heterocycles. The Labute approximate surface area is 174 Å². The maximum Gasteiger partial charge on any atom is 0.226 e. The number of nitrogens with one attached hydrogen (secondary N) is 2. The molecule has 1 aromatic heterocycles. The van der Waals surface area contributed by atoms with Crippen molar-refractivity contribution in [3.05, 3.63) is 41.8 Å². The lowest BCUT2D eigenvalue weighted by Crippen LogP contribution is -2.39. The van der Waals surface area contributed by atoms with E-state index in [4.69, 9.17) is 9.15 Å². The largest absolute Gasteiger partial charge is 0.444 e. The first kappa shape index (κ1) is 22.9. The van der Waals surface area contributed by atoms with E-state index in [2.05, 4.69) is 58.5 Å². The fraction of sp³-hybridized carbons (Fsp3) is 0.545. The summed E-state index contributed by atoms with van der Waals surface area (Å²) in [6.07, 6.45) is 3.55. The van der Waals surface area contributed by atoms with E-state index in [0.717, 1.165) is 69.4 Å². The van der Waals surface area contributed by atoms with Crippen molar-refractivity contribution in [2.75, 3.05) is 53.5 Å². The van der Waals surface area contributed by atoms with Gasteiger partial charge in [0.05, 0.1) is 12.2 Å². The van der Waals surface area contributed by atoms with Gasteiger partial charge in [-0.2, -0.15) is 0 Å². The summed E-state index contributed by atoms with van der Waals surface area (Å²) in [6, 6.07) is 8.20. The molecule has 0 atom stereocenters. The molecule has 0 fully saturated rings. The van der Waals surface area contributed by atoms with Gasteiger partial charge >= 0.3 is 0 Å². The highest BCUT2D eigenvalue weighted by atomic mass is 16.5. The summed E-state index contributed by atoms with van der Waals surface area (Å²) < 4.78 is 10.7. The van der Waals surface area contributed by atoms with Crippen LogP contribution < -0.4 is 10.6 Å². The number of ether oxygens (including phenoxy) is 1. The van der Waals surface area contributed by atoms with E-state index >= 15 is 0 Å². The third-order valence-corrected chi connectivity index (χ3v) is 4.51. The maximum atomic E-state index is 5.63. The minimum Gasteiger partial charge on any atom is -0.444 e. The molecule has 0 bridgehead atoms. The minimum absolute atomic E-state index is 0.664. The van der Waals surface area contributed by atoms with Gasteiger partial charge in [0, 0.05) is 51.9 Å². The zero-order chi connectivity index (χ0) is 20.9. The Morgan fingerprint density at radius 3 is 2.72 bits per heavy atom. The highest BCUT2D eigenvalue weighted by Crippen LogP contribution is 2.19. The van der Waals surface area contributed by atoms with Crippen LogP contribution >= 0.6 is 0 Å². The van der Waals surface area contributed by atoms with Gasteiger partial charge in [-0.15, -0.1) is 0 Å². The Balaban J connectivity index is 1.76. The van der Waals surface area contributed by atoms with Crippen LogP contribution in [0.1, 0.15) is 24.6 Å².